The molecule has 0 saturated carbocycles. The average Bonchev–Trinajstić information content (AvgIpc) is 2.72. The van der Waals surface area contributed by atoms with Crippen molar-refractivity contribution >= 4 is 23.6 Å². The minimum absolute atomic E-state index is 0.0971. The molecule has 1 aliphatic heterocycles. The Balaban J connectivity index is 1.45. The van der Waals surface area contributed by atoms with Crippen molar-refractivity contribution < 1.29 is 24.2 Å². The van der Waals surface area contributed by atoms with Gasteiger partial charge < -0.3 is 24.8 Å². The van der Waals surface area contributed by atoms with E-state index >= 15 is 0 Å². The van der Waals surface area contributed by atoms with Crippen LogP contribution < -0.4 is 5.32 Å². The Hall–Kier alpha value is -2.77. The molecule has 0 aromatic heterocycles. The first kappa shape index (κ1) is 20.0. The molecule has 28 heavy (non-hydrogen) atoms. The molecule has 2 amide bonds. The van der Waals surface area contributed by atoms with Crippen molar-refractivity contribution in [3.05, 3.63) is 64.7 Å². The maximum atomic E-state index is 12.3. The molecule has 1 saturated heterocycles. The third kappa shape index (κ3) is 5.61. The molecule has 0 spiro atoms. The van der Waals surface area contributed by atoms with Gasteiger partial charge in [0.1, 0.15) is 12.4 Å². The number of rotatable bonds is 5. The first-order valence-corrected chi connectivity index (χ1v) is 9.24. The van der Waals surface area contributed by atoms with E-state index < -0.39 is 6.09 Å². The zero-order chi connectivity index (χ0) is 19.9. The van der Waals surface area contributed by atoms with E-state index in [9.17, 15) is 14.7 Å². The van der Waals surface area contributed by atoms with Gasteiger partial charge in [0.05, 0.1) is 19.3 Å². The van der Waals surface area contributed by atoms with Crippen LogP contribution in [-0.2, 0) is 16.1 Å². The summed E-state index contributed by atoms with van der Waals surface area (Å²) in [5.74, 6) is -0.175. The van der Waals surface area contributed by atoms with E-state index in [0.29, 0.717) is 30.3 Å². The van der Waals surface area contributed by atoms with Gasteiger partial charge in [-0.15, -0.1) is 0 Å². The predicted octanol–water partition coefficient (Wildman–Crippen LogP) is 2.81. The zero-order valence-electron chi connectivity index (χ0n) is 15.1. The Morgan fingerprint density at radius 3 is 2.61 bits per heavy atom. The summed E-state index contributed by atoms with van der Waals surface area (Å²) in [6.07, 6.45) is -0.744. The number of nitrogens with one attached hydrogen (secondary N) is 1. The van der Waals surface area contributed by atoms with Gasteiger partial charge in [-0.2, -0.15) is 0 Å². The van der Waals surface area contributed by atoms with Gasteiger partial charge in [-0.25, -0.2) is 4.79 Å². The number of benzene rings is 2. The monoisotopic (exact) mass is 404 g/mol. The number of nitrogens with zero attached hydrogens (tertiary/aromatic N) is 1. The zero-order valence-corrected chi connectivity index (χ0v) is 15.9. The Kier molecular flexibility index (Phi) is 6.73. The van der Waals surface area contributed by atoms with Crippen molar-refractivity contribution in [3.63, 3.8) is 0 Å². The summed E-state index contributed by atoms with van der Waals surface area (Å²) in [6, 6.07) is 13.1. The highest BCUT2D eigenvalue weighted by molar-refractivity contribution is 6.30. The highest BCUT2D eigenvalue weighted by atomic mass is 35.5. The van der Waals surface area contributed by atoms with Gasteiger partial charge >= 0.3 is 6.09 Å². The van der Waals surface area contributed by atoms with Crippen LogP contribution in [0.5, 0.6) is 5.75 Å². The lowest BCUT2D eigenvalue weighted by atomic mass is 10.2. The average molecular weight is 405 g/mol. The standard InChI is InChI=1S/C20H21ClN2O5/c21-16-5-1-14(2-6-16)13-28-20(26)23-9-10-27-18(12-23)11-22-19(25)15-3-7-17(24)8-4-15/h1-8,18,24H,9-13H2,(H,22,25). The lowest BCUT2D eigenvalue weighted by molar-refractivity contribution is -0.0263. The van der Waals surface area contributed by atoms with Gasteiger partial charge in [0.15, 0.2) is 0 Å². The molecule has 148 valence electrons. The van der Waals surface area contributed by atoms with Crippen LogP contribution in [0.3, 0.4) is 0 Å². The molecule has 1 unspecified atom stereocenters. The summed E-state index contributed by atoms with van der Waals surface area (Å²) in [5, 5.41) is 12.7. The molecule has 2 aromatic carbocycles. The van der Waals surface area contributed by atoms with Crippen LogP contribution in [-0.4, -0.2) is 54.4 Å². The van der Waals surface area contributed by atoms with Gasteiger partial charge in [-0.3, -0.25) is 4.79 Å². The Bertz CT molecular complexity index is 810. The van der Waals surface area contributed by atoms with Crippen LogP contribution >= 0.6 is 11.6 Å². The molecule has 2 N–H and O–H groups in total. The van der Waals surface area contributed by atoms with E-state index in [-0.39, 0.29) is 30.9 Å². The largest absolute Gasteiger partial charge is 0.508 e. The maximum Gasteiger partial charge on any atom is 0.410 e. The van der Waals surface area contributed by atoms with Crippen molar-refractivity contribution in [3.8, 4) is 5.75 Å². The Morgan fingerprint density at radius 1 is 1.18 bits per heavy atom. The number of phenols is 1. The van der Waals surface area contributed by atoms with E-state index in [2.05, 4.69) is 5.32 Å². The van der Waals surface area contributed by atoms with Crippen LogP contribution in [0.2, 0.25) is 5.02 Å². The SMILES string of the molecule is O=C(NCC1CN(C(=O)OCc2ccc(Cl)cc2)CCO1)c1ccc(O)cc1. The number of hydrogen-bond acceptors (Lipinski definition) is 5. The number of carbonyl (C=O) groups excluding carboxylic acids is 2. The smallest absolute Gasteiger partial charge is 0.410 e. The highest BCUT2D eigenvalue weighted by Gasteiger charge is 2.25. The number of halogens is 1. The van der Waals surface area contributed by atoms with E-state index in [4.69, 9.17) is 21.1 Å². The van der Waals surface area contributed by atoms with E-state index in [1.807, 2.05) is 0 Å². The summed E-state index contributed by atoms with van der Waals surface area (Å²) in [4.78, 5) is 26.0. The molecule has 0 radical (unpaired) electrons. The molecule has 8 heteroatoms. The lowest BCUT2D eigenvalue weighted by Gasteiger charge is -2.32. The molecule has 1 heterocycles. The van der Waals surface area contributed by atoms with Gasteiger partial charge in [0, 0.05) is 23.7 Å². The Labute approximate surface area is 167 Å². The predicted molar refractivity (Wildman–Crippen MR) is 103 cm³/mol. The molecule has 3 rings (SSSR count). The number of ether oxygens (including phenoxy) is 2. The summed E-state index contributed by atoms with van der Waals surface area (Å²) in [6.45, 7) is 1.56. The van der Waals surface area contributed by atoms with Crippen LogP contribution in [0.25, 0.3) is 0 Å². The maximum absolute atomic E-state index is 12.3. The number of morpholine rings is 1. The molecule has 2 aromatic rings. The number of phenolic OH excluding ortho intramolecular Hbond substituents is 1. The fourth-order valence-corrected chi connectivity index (χ4v) is 2.87. The second-order valence-corrected chi connectivity index (χ2v) is 6.81. The van der Waals surface area contributed by atoms with Crippen molar-refractivity contribution in [1.29, 1.82) is 0 Å². The molecule has 1 atom stereocenters. The quantitative estimate of drug-likeness (QED) is 0.800. The number of amides is 2. The molecule has 0 bridgehead atoms. The first-order chi connectivity index (χ1) is 13.5. The van der Waals surface area contributed by atoms with Crippen LogP contribution in [0.1, 0.15) is 15.9 Å². The van der Waals surface area contributed by atoms with Crippen LogP contribution in [0.4, 0.5) is 4.79 Å². The molecule has 7 nitrogen and oxygen atoms in total. The molecule has 1 fully saturated rings. The van der Waals surface area contributed by atoms with Gasteiger partial charge in [-0.1, -0.05) is 23.7 Å². The van der Waals surface area contributed by atoms with Gasteiger partial charge in [0.25, 0.3) is 5.91 Å². The third-order valence-corrected chi connectivity index (χ3v) is 4.54. The number of aromatic hydroxyl groups is 1. The van der Waals surface area contributed by atoms with Crippen molar-refractivity contribution in [1.82, 2.24) is 10.2 Å². The number of carbonyl (C=O) groups is 2. The minimum atomic E-state index is -0.423. The second-order valence-electron chi connectivity index (χ2n) is 6.38. The molecule has 0 aliphatic carbocycles. The summed E-state index contributed by atoms with van der Waals surface area (Å²) in [5.41, 5.74) is 1.29. The third-order valence-electron chi connectivity index (χ3n) is 4.29. The second kappa shape index (κ2) is 9.43. The van der Waals surface area contributed by atoms with Gasteiger partial charge in [-0.05, 0) is 42.0 Å². The minimum Gasteiger partial charge on any atom is -0.508 e. The molecule has 1 aliphatic rings. The van der Waals surface area contributed by atoms with Crippen LogP contribution in [0, 0.1) is 0 Å². The van der Waals surface area contributed by atoms with Gasteiger partial charge in [0.2, 0.25) is 0 Å². The van der Waals surface area contributed by atoms with Crippen molar-refractivity contribution in [2.45, 2.75) is 12.7 Å². The highest BCUT2D eigenvalue weighted by Crippen LogP contribution is 2.13. The van der Waals surface area contributed by atoms with Crippen molar-refractivity contribution in [2.24, 2.45) is 0 Å². The summed E-state index contributed by atoms with van der Waals surface area (Å²) < 4.78 is 11.0. The fourth-order valence-electron chi connectivity index (χ4n) is 2.75. The topological polar surface area (TPSA) is 88.1 Å². The Morgan fingerprint density at radius 2 is 1.89 bits per heavy atom. The molecular formula is C20H21ClN2O5. The number of hydrogen-bond donors (Lipinski definition) is 2. The van der Waals surface area contributed by atoms with E-state index in [1.165, 1.54) is 24.3 Å². The summed E-state index contributed by atoms with van der Waals surface area (Å²) >= 11 is 5.84. The molecular weight excluding hydrogens is 384 g/mol. The normalized spacial score (nSPS) is 16.5. The fraction of sp³-hybridized carbons (Fsp3) is 0.300. The van der Waals surface area contributed by atoms with E-state index in [1.54, 1.807) is 29.2 Å². The lowest BCUT2D eigenvalue weighted by Crippen LogP contribution is -2.49. The first-order valence-electron chi connectivity index (χ1n) is 8.86. The van der Waals surface area contributed by atoms with Crippen molar-refractivity contribution in [2.75, 3.05) is 26.2 Å². The van der Waals surface area contributed by atoms with Crippen LogP contribution in [0.15, 0.2) is 48.5 Å². The summed E-state index contributed by atoms with van der Waals surface area (Å²) in [7, 11) is 0. The van der Waals surface area contributed by atoms with E-state index in [0.717, 1.165) is 5.56 Å².